The van der Waals surface area contributed by atoms with Crippen molar-refractivity contribution in [3.8, 4) is 0 Å². The maximum absolute atomic E-state index is 12.0. The van der Waals surface area contributed by atoms with E-state index >= 15 is 0 Å². The van der Waals surface area contributed by atoms with Gasteiger partial charge in [0, 0.05) is 5.69 Å². The molecule has 0 aliphatic heterocycles. The Kier molecular flexibility index (Phi) is 6.60. The van der Waals surface area contributed by atoms with Crippen molar-refractivity contribution in [2.75, 3.05) is 12.8 Å². The SMILES string of the molecule is COC(=O)CC(Cc1ccccc1)C(NC(=O)O)c1ccc(N)cc1C. The molecule has 0 aromatic heterocycles. The monoisotopic (exact) mass is 356 g/mol. The first-order chi connectivity index (χ1) is 12.4. The Bertz CT molecular complexity index is 762. The number of carboxylic acid groups (broad SMARTS) is 1. The summed E-state index contributed by atoms with van der Waals surface area (Å²) in [5, 5.41) is 11.9. The predicted molar refractivity (Wildman–Crippen MR) is 99.8 cm³/mol. The first-order valence-corrected chi connectivity index (χ1v) is 8.37. The van der Waals surface area contributed by atoms with Gasteiger partial charge in [0.1, 0.15) is 0 Å². The van der Waals surface area contributed by atoms with E-state index < -0.39 is 12.1 Å². The van der Waals surface area contributed by atoms with Crippen molar-refractivity contribution in [1.29, 1.82) is 0 Å². The number of nitrogens with two attached hydrogens (primary N) is 1. The summed E-state index contributed by atoms with van der Waals surface area (Å²) >= 11 is 0. The van der Waals surface area contributed by atoms with E-state index in [0.29, 0.717) is 12.1 Å². The summed E-state index contributed by atoms with van der Waals surface area (Å²) in [6, 6.07) is 14.4. The van der Waals surface area contributed by atoms with E-state index in [1.165, 1.54) is 7.11 Å². The van der Waals surface area contributed by atoms with Gasteiger partial charge in [-0.1, -0.05) is 36.4 Å². The van der Waals surface area contributed by atoms with Gasteiger partial charge >= 0.3 is 12.1 Å². The average molecular weight is 356 g/mol. The smallest absolute Gasteiger partial charge is 0.405 e. The van der Waals surface area contributed by atoms with Gasteiger partial charge in [0.05, 0.1) is 19.6 Å². The number of nitrogen functional groups attached to an aromatic ring is 1. The Morgan fingerprint density at radius 1 is 1.19 bits per heavy atom. The third kappa shape index (κ3) is 5.24. The first kappa shape index (κ1) is 19.3. The van der Waals surface area contributed by atoms with Crippen LogP contribution in [0.2, 0.25) is 0 Å². The molecule has 0 aliphatic carbocycles. The molecule has 0 spiro atoms. The maximum Gasteiger partial charge on any atom is 0.405 e. The minimum Gasteiger partial charge on any atom is -0.469 e. The van der Waals surface area contributed by atoms with Gasteiger partial charge in [-0.2, -0.15) is 0 Å². The molecular formula is C20H24N2O4. The number of carbonyl (C=O) groups excluding carboxylic acids is 1. The summed E-state index contributed by atoms with van der Waals surface area (Å²) in [4.78, 5) is 23.4. The summed E-state index contributed by atoms with van der Waals surface area (Å²) in [6.45, 7) is 1.87. The number of hydrogen-bond donors (Lipinski definition) is 3. The number of rotatable bonds is 7. The zero-order chi connectivity index (χ0) is 19.1. The summed E-state index contributed by atoms with van der Waals surface area (Å²) < 4.78 is 4.82. The lowest BCUT2D eigenvalue weighted by Crippen LogP contribution is -2.35. The quantitative estimate of drug-likeness (QED) is 0.522. The number of benzene rings is 2. The number of esters is 1. The Labute approximate surface area is 153 Å². The van der Waals surface area contributed by atoms with Crippen molar-refractivity contribution >= 4 is 17.7 Å². The van der Waals surface area contributed by atoms with E-state index in [1.54, 1.807) is 18.2 Å². The zero-order valence-corrected chi connectivity index (χ0v) is 14.9. The molecule has 6 nitrogen and oxygen atoms in total. The third-order valence-corrected chi connectivity index (χ3v) is 4.38. The van der Waals surface area contributed by atoms with Gasteiger partial charge in [0.15, 0.2) is 0 Å². The maximum atomic E-state index is 12.0. The lowest BCUT2D eigenvalue weighted by Gasteiger charge is -2.28. The predicted octanol–water partition coefficient (Wildman–Crippen LogP) is 3.31. The van der Waals surface area contributed by atoms with Gasteiger partial charge in [0.25, 0.3) is 0 Å². The summed E-state index contributed by atoms with van der Waals surface area (Å²) in [5.41, 5.74) is 9.11. The normalized spacial score (nSPS) is 12.8. The molecule has 0 fully saturated rings. The number of nitrogens with one attached hydrogen (secondary N) is 1. The number of methoxy groups -OCH3 is 1. The molecule has 2 unspecified atom stereocenters. The fourth-order valence-electron chi connectivity index (χ4n) is 3.15. The Morgan fingerprint density at radius 2 is 1.88 bits per heavy atom. The number of amides is 1. The molecule has 2 atom stereocenters. The molecule has 2 rings (SSSR count). The average Bonchev–Trinajstić information content (AvgIpc) is 2.60. The van der Waals surface area contributed by atoms with E-state index in [-0.39, 0.29) is 18.3 Å². The molecule has 1 amide bonds. The number of ether oxygens (including phenoxy) is 1. The lowest BCUT2D eigenvalue weighted by molar-refractivity contribution is -0.142. The van der Waals surface area contributed by atoms with Crippen LogP contribution < -0.4 is 11.1 Å². The minimum absolute atomic E-state index is 0.0974. The third-order valence-electron chi connectivity index (χ3n) is 4.38. The van der Waals surface area contributed by atoms with Crippen LogP contribution in [0.25, 0.3) is 0 Å². The number of aryl methyl sites for hydroxylation is 1. The molecule has 0 bridgehead atoms. The highest BCUT2D eigenvalue weighted by molar-refractivity contribution is 5.70. The lowest BCUT2D eigenvalue weighted by atomic mass is 9.83. The molecule has 0 saturated heterocycles. The highest BCUT2D eigenvalue weighted by Gasteiger charge is 2.29. The molecular weight excluding hydrogens is 332 g/mol. The van der Waals surface area contributed by atoms with Crippen LogP contribution in [0.15, 0.2) is 48.5 Å². The number of carbonyl (C=O) groups is 2. The Balaban J connectivity index is 2.42. The zero-order valence-electron chi connectivity index (χ0n) is 14.9. The molecule has 138 valence electrons. The van der Waals surface area contributed by atoms with Crippen molar-refractivity contribution in [3.63, 3.8) is 0 Å². The topological polar surface area (TPSA) is 102 Å². The molecule has 2 aromatic carbocycles. The van der Waals surface area contributed by atoms with Crippen LogP contribution in [-0.2, 0) is 16.0 Å². The largest absolute Gasteiger partial charge is 0.469 e. The van der Waals surface area contributed by atoms with Crippen LogP contribution in [0.4, 0.5) is 10.5 Å². The van der Waals surface area contributed by atoms with Gasteiger partial charge in [-0.05, 0) is 48.1 Å². The van der Waals surface area contributed by atoms with Crippen LogP contribution in [-0.4, -0.2) is 24.3 Å². The molecule has 6 heteroatoms. The van der Waals surface area contributed by atoms with Gasteiger partial charge in [-0.3, -0.25) is 4.79 Å². The number of anilines is 1. The molecule has 4 N–H and O–H groups in total. The fraction of sp³-hybridized carbons (Fsp3) is 0.300. The van der Waals surface area contributed by atoms with Crippen molar-refractivity contribution in [2.24, 2.45) is 5.92 Å². The second kappa shape index (κ2) is 8.89. The van der Waals surface area contributed by atoms with Gasteiger partial charge in [-0.25, -0.2) is 4.79 Å². The van der Waals surface area contributed by atoms with Crippen LogP contribution in [0.1, 0.15) is 29.2 Å². The van der Waals surface area contributed by atoms with Crippen molar-refractivity contribution in [1.82, 2.24) is 5.32 Å². The Hall–Kier alpha value is -3.02. The van der Waals surface area contributed by atoms with Crippen molar-refractivity contribution in [3.05, 3.63) is 65.2 Å². The minimum atomic E-state index is -1.14. The highest BCUT2D eigenvalue weighted by Crippen LogP contribution is 2.31. The molecule has 0 heterocycles. The van der Waals surface area contributed by atoms with Gasteiger partial charge in [0.2, 0.25) is 0 Å². The first-order valence-electron chi connectivity index (χ1n) is 8.37. The second-order valence-corrected chi connectivity index (χ2v) is 6.27. The van der Waals surface area contributed by atoms with Gasteiger partial charge < -0.3 is 20.9 Å². The summed E-state index contributed by atoms with van der Waals surface area (Å²) in [6.07, 6.45) is -0.514. The molecule has 2 aromatic rings. The van der Waals surface area contributed by atoms with E-state index in [2.05, 4.69) is 5.32 Å². The van der Waals surface area contributed by atoms with Crippen LogP contribution >= 0.6 is 0 Å². The van der Waals surface area contributed by atoms with E-state index in [9.17, 15) is 14.7 Å². The standard InChI is InChI=1S/C20H24N2O4/c1-13-10-16(21)8-9-17(13)19(22-20(24)25)15(12-18(23)26-2)11-14-6-4-3-5-7-14/h3-10,15,19,22H,11-12,21H2,1-2H3,(H,24,25). The van der Waals surface area contributed by atoms with E-state index in [1.807, 2.05) is 37.3 Å². The Morgan fingerprint density at radius 3 is 2.46 bits per heavy atom. The fourth-order valence-corrected chi connectivity index (χ4v) is 3.15. The molecule has 0 saturated carbocycles. The van der Waals surface area contributed by atoms with Gasteiger partial charge in [-0.15, -0.1) is 0 Å². The van der Waals surface area contributed by atoms with E-state index in [4.69, 9.17) is 10.5 Å². The van der Waals surface area contributed by atoms with Crippen LogP contribution in [0.3, 0.4) is 0 Å². The second-order valence-electron chi connectivity index (χ2n) is 6.27. The summed E-state index contributed by atoms with van der Waals surface area (Å²) in [7, 11) is 1.33. The number of hydrogen-bond acceptors (Lipinski definition) is 4. The van der Waals surface area contributed by atoms with Crippen molar-refractivity contribution < 1.29 is 19.4 Å². The van der Waals surface area contributed by atoms with Crippen LogP contribution in [0, 0.1) is 12.8 Å². The summed E-state index contributed by atoms with van der Waals surface area (Å²) in [5.74, 6) is -0.681. The van der Waals surface area contributed by atoms with Crippen LogP contribution in [0.5, 0.6) is 0 Å². The molecule has 0 aliphatic rings. The van der Waals surface area contributed by atoms with Crippen molar-refractivity contribution in [2.45, 2.75) is 25.8 Å². The highest BCUT2D eigenvalue weighted by atomic mass is 16.5. The molecule has 26 heavy (non-hydrogen) atoms. The van der Waals surface area contributed by atoms with E-state index in [0.717, 1.165) is 16.7 Å². The molecule has 0 radical (unpaired) electrons.